The van der Waals surface area contributed by atoms with Gasteiger partial charge in [0.2, 0.25) is 0 Å². The molecule has 0 aromatic heterocycles. The second kappa shape index (κ2) is 7.91. The predicted molar refractivity (Wildman–Crippen MR) is 105 cm³/mol. The Bertz CT molecular complexity index is 882. The number of carbonyl (C=O) groups excluding carboxylic acids is 1. The monoisotopic (exact) mass is 349 g/mol. The number of benzene rings is 3. The van der Waals surface area contributed by atoms with E-state index in [0.717, 1.165) is 16.5 Å². The number of ether oxygens (including phenoxy) is 2. The van der Waals surface area contributed by atoms with Crippen molar-refractivity contribution in [3.63, 3.8) is 0 Å². The van der Waals surface area contributed by atoms with Gasteiger partial charge in [0, 0.05) is 11.1 Å². The van der Waals surface area contributed by atoms with Crippen LogP contribution in [0.2, 0.25) is 0 Å². The number of hydrogen-bond donors (Lipinski definition) is 1. The Morgan fingerprint density at radius 1 is 0.846 bits per heavy atom. The lowest BCUT2D eigenvalue weighted by molar-refractivity contribution is -0.122. The second-order valence-electron chi connectivity index (χ2n) is 6.42. The van der Waals surface area contributed by atoms with Crippen LogP contribution in [-0.4, -0.2) is 18.1 Å². The van der Waals surface area contributed by atoms with Gasteiger partial charge in [-0.15, -0.1) is 0 Å². The summed E-state index contributed by atoms with van der Waals surface area (Å²) in [4.78, 5) is 12.4. The van der Waals surface area contributed by atoms with Crippen LogP contribution in [0, 0.1) is 0 Å². The number of nitrogens with one attached hydrogen (secondary N) is 1. The van der Waals surface area contributed by atoms with Gasteiger partial charge < -0.3 is 14.8 Å². The van der Waals surface area contributed by atoms with Crippen LogP contribution in [0.3, 0.4) is 0 Å². The standard InChI is InChI=1S/C22H23NO3/c1-15(2)25-19-13-11-18(12-14-19)23-22(24)16(3)26-21-10-6-8-17-7-4-5-9-20(17)21/h4-16H,1-3H3,(H,23,24)/t16-/m0/s1. The molecule has 1 amide bonds. The second-order valence-corrected chi connectivity index (χ2v) is 6.42. The van der Waals surface area contributed by atoms with Crippen molar-refractivity contribution in [1.82, 2.24) is 0 Å². The number of fused-ring (bicyclic) bond motifs is 1. The molecule has 0 aliphatic rings. The highest BCUT2D eigenvalue weighted by Gasteiger charge is 2.16. The van der Waals surface area contributed by atoms with Gasteiger partial charge in [0.05, 0.1) is 6.10 Å². The summed E-state index contributed by atoms with van der Waals surface area (Å²) in [5, 5.41) is 4.94. The van der Waals surface area contributed by atoms with Crippen LogP contribution in [0.15, 0.2) is 66.7 Å². The minimum atomic E-state index is -0.618. The summed E-state index contributed by atoms with van der Waals surface area (Å²) < 4.78 is 11.5. The minimum Gasteiger partial charge on any atom is -0.491 e. The molecular weight excluding hydrogens is 326 g/mol. The Balaban J connectivity index is 1.66. The molecule has 4 nitrogen and oxygen atoms in total. The molecule has 3 aromatic carbocycles. The van der Waals surface area contributed by atoms with E-state index in [1.54, 1.807) is 6.92 Å². The zero-order chi connectivity index (χ0) is 18.5. The van der Waals surface area contributed by atoms with Crippen molar-refractivity contribution in [2.45, 2.75) is 33.0 Å². The van der Waals surface area contributed by atoms with Crippen molar-refractivity contribution in [3.05, 3.63) is 66.7 Å². The number of anilines is 1. The maximum absolute atomic E-state index is 12.4. The molecule has 4 heteroatoms. The lowest BCUT2D eigenvalue weighted by Crippen LogP contribution is -2.30. The van der Waals surface area contributed by atoms with E-state index in [-0.39, 0.29) is 12.0 Å². The van der Waals surface area contributed by atoms with Crippen LogP contribution >= 0.6 is 0 Å². The van der Waals surface area contributed by atoms with Crippen molar-refractivity contribution >= 4 is 22.4 Å². The first-order valence-electron chi connectivity index (χ1n) is 8.75. The van der Waals surface area contributed by atoms with Crippen molar-refractivity contribution in [2.75, 3.05) is 5.32 Å². The first-order valence-corrected chi connectivity index (χ1v) is 8.75. The van der Waals surface area contributed by atoms with Gasteiger partial charge in [0.25, 0.3) is 5.91 Å². The smallest absolute Gasteiger partial charge is 0.265 e. The number of carbonyl (C=O) groups is 1. The van der Waals surface area contributed by atoms with E-state index < -0.39 is 6.10 Å². The summed E-state index contributed by atoms with van der Waals surface area (Å²) in [6, 6.07) is 21.1. The maximum atomic E-state index is 12.4. The molecule has 26 heavy (non-hydrogen) atoms. The fraction of sp³-hybridized carbons (Fsp3) is 0.227. The fourth-order valence-electron chi connectivity index (χ4n) is 2.68. The van der Waals surface area contributed by atoms with Crippen molar-refractivity contribution in [2.24, 2.45) is 0 Å². The van der Waals surface area contributed by atoms with E-state index in [2.05, 4.69) is 5.32 Å². The lowest BCUT2D eigenvalue weighted by Gasteiger charge is -2.16. The highest BCUT2D eigenvalue weighted by molar-refractivity contribution is 5.95. The average Bonchev–Trinajstić information content (AvgIpc) is 2.63. The van der Waals surface area contributed by atoms with Crippen LogP contribution in [0.4, 0.5) is 5.69 Å². The van der Waals surface area contributed by atoms with E-state index in [4.69, 9.17) is 9.47 Å². The molecule has 1 atom stereocenters. The number of hydrogen-bond acceptors (Lipinski definition) is 3. The highest BCUT2D eigenvalue weighted by atomic mass is 16.5. The van der Waals surface area contributed by atoms with Crippen LogP contribution in [0.1, 0.15) is 20.8 Å². The molecule has 0 aliphatic heterocycles. The topological polar surface area (TPSA) is 47.6 Å². The van der Waals surface area contributed by atoms with Gasteiger partial charge in [-0.1, -0.05) is 36.4 Å². The van der Waals surface area contributed by atoms with Crippen molar-refractivity contribution in [3.8, 4) is 11.5 Å². The molecule has 0 unspecified atom stereocenters. The van der Waals surface area contributed by atoms with E-state index in [1.165, 1.54) is 0 Å². The van der Waals surface area contributed by atoms with Crippen LogP contribution < -0.4 is 14.8 Å². The van der Waals surface area contributed by atoms with Crippen molar-refractivity contribution < 1.29 is 14.3 Å². The summed E-state index contributed by atoms with van der Waals surface area (Å²) in [5.41, 5.74) is 0.708. The SMILES string of the molecule is CC(C)Oc1ccc(NC(=O)[C@H](C)Oc2cccc3ccccc23)cc1. The molecule has 3 aromatic rings. The molecule has 0 bridgehead atoms. The van der Waals surface area contributed by atoms with Gasteiger partial charge in [-0.25, -0.2) is 0 Å². The van der Waals surface area contributed by atoms with E-state index in [9.17, 15) is 4.79 Å². The first-order chi connectivity index (χ1) is 12.5. The summed E-state index contributed by atoms with van der Waals surface area (Å²) in [5.74, 6) is 1.28. The normalized spacial score (nSPS) is 12.0. The molecular formula is C22H23NO3. The number of rotatable bonds is 6. The molecule has 0 saturated heterocycles. The Hall–Kier alpha value is -3.01. The third kappa shape index (κ3) is 4.33. The van der Waals surface area contributed by atoms with E-state index >= 15 is 0 Å². The largest absolute Gasteiger partial charge is 0.491 e. The lowest BCUT2D eigenvalue weighted by atomic mass is 10.1. The molecule has 0 heterocycles. The molecule has 0 radical (unpaired) electrons. The summed E-state index contributed by atoms with van der Waals surface area (Å²) in [6.45, 7) is 5.69. The van der Waals surface area contributed by atoms with Gasteiger partial charge in [0.15, 0.2) is 6.10 Å². The van der Waals surface area contributed by atoms with Gasteiger partial charge in [-0.3, -0.25) is 4.79 Å². The first kappa shape index (κ1) is 17.8. The zero-order valence-corrected chi connectivity index (χ0v) is 15.2. The van der Waals surface area contributed by atoms with E-state index in [0.29, 0.717) is 11.4 Å². The quantitative estimate of drug-likeness (QED) is 0.679. The zero-order valence-electron chi connectivity index (χ0n) is 15.2. The Kier molecular flexibility index (Phi) is 5.42. The summed E-state index contributed by atoms with van der Waals surface area (Å²) in [6.07, 6.45) is -0.503. The third-order valence-electron chi connectivity index (χ3n) is 3.92. The molecule has 0 saturated carbocycles. The van der Waals surface area contributed by atoms with Gasteiger partial charge in [-0.05, 0) is 56.5 Å². The molecule has 0 spiro atoms. The highest BCUT2D eigenvalue weighted by Crippen LogP contribution is 2.26. The molecule has 134 valence electrons. The molecule has 3 rings (SSSR count). The van der Waals surface area contributed by atoms with Gasteiger partial charge in [-0.2, -0.15) is 0 Å². The molecule has 1 N–H and O–H groups in total. The van der Waals surface area contributed by atoms with Gasteiger partial charge in [0.1, 0.15) is 11.5 Å². The van der Waals surface area contributed by atoms with Crippen LogP contribution in [-0.2, 0) is 4.79 Å². The number of amides is 1. The van der Waals surface area contributed by atoms with E-state index in [1.807, 2.05) is 80.6 Å². The molecule has 0 fully saturated rings. The Morgan fingerprint density at radius 3 is 2.27 bits per heavy atom. The third-order valence-corrected chi connectivity index (χ3v) is 3.92. The van der Waals surface area contributed by atoms with Crippen molar-refractivity contribution in [1.29, 1.82) is 0 Å². The minimum absolute atomic E-state index is 0.115. The fourth-order valence-corrected chi connectivity index (χ4v) is 2.68. The summed E-state index contributed by atoms with van der Waals surface area (Å²) >= 11 is 0. The Labute approximate surface area is 153 Å². The van der Waals surface area contributed by atoms with Crippen LogP contribution in [0.25, 0.3) is 10.8 Å². The van der Waals surface area contributed by atoms with Gasteiger partial charge >= 0.3 is 0 Å². The Morgan fingerprint density at radius 2 is 1.54 bits per heavy atom. The van der Waals surface area contributed by atoms with Crippen LogP contribution in [0.5, 0.6) is 11.5 Å². The summed E-state index contributed by atoms with van der Waals surface area (Å²) in [7, 11) is 0. The average molecular weight is 349 g/mol. The molecule has 0 aliphatic carbocycles. The maximum Gasteiger partial charge on any atom is 0.265 e. The predicted octanol–water partition coefficient (Wildman–Crippen LogP) is 5.03.